The van der Waals surface area contributed by atoms with Gasteiger partial charge in [-0.2, -0.15) is 13.2 Å². The van der Waals surface area contributed by atoms with Crippen LogP contribution in [-0.2, 0) is 19.0 Å². The normalized spacial score (nSPS) is 33.2. The number of hydrogen-bond donors (Lipinski definition) is 1. The fourth-order valence-corrected chi connectivity index (χ4v) is 2.02. The van der Waals surface area contributed by atoms with Crippen molar-refractivity contribution in [3.63, 3.8) is 0 Å². The van der Waals surface area contributed by atoms with Crippen molar-refractivity contribution in [2.75, 3.05) is 13.2 Å². The van der Waals surface area contributed by atoms with Gasteiger partial charge >= 0.3 is 12.1 Å². The lowest BCUT2D eigenvalue weighted by Crippen LogP contribution is -2.58. The third kappa shape index (κ3) is 3.64. The molecule has 1 heterocycles. The van der Waals surface area contributed by atoms with Crippen LogP contribution < -0.4 is 0 Å². The molecule has 1 aliphatic heterocycles. The number of rotatable bonds is 6. The number of esters is 1. The average molecular weight is 318 g/mol. The largest absolute Gasteiger partial charge is 0.433 e. The third-order valence-corrected chi connectivity index (χ3v) is 3.13. The molecular formula is C12H18F4O5. The van der Waals surface area contributed by atoms with Crippen LogP contribution in [0.4, 0.5) is 17.6 Å². The first-order chi connectivity index (χ1) is 9.69. The van der Waals surface area contributed by atoms with Crippen LogP contribution in [0.5, 0.6) is 0 Å². The first-order valence-corrected chi connectivity index (χ1v) is 6.48. The van der Waals surface area contributed by atoms with Crippen molar-refractivity contribution in [3.05, 3.63) is 0 Å². The molecular weight excluding hydrogens is 300 g/mol. The minimum absolute atomic E-state index is 0.129. The molecule has 0 aromatic heterocycles. The highest BCUT2D eigenvalue weighted by Gasteiger charge is 2.71. The highest BCUT2D eigenvalue weighted by molar-refractivity contribution is 5.66. The van der Waals surface area contributed by atoms with Gasteiger partial charge in [0.1, 0.15) is 6.10 Å². The third-order valence-electron chi connectivity index (χ3n) is 3.13. The van der Waals surface area contributed by atoms with Crippen molar-refractivity contribution in [2.24, 2.45) is 0 Å². The highest BCUT2D eigenvalue weighted by atomic mass is 19.4. The van der Waals surface area contributed by atoms with E-state index >= 15 is 0 Å². The second kappa shape index (κ2) is 6.89. The van der Waals surface area contributed by atoms with Crippen molar-refractivity contribution >= 4 is 5.97 Å². The summed E-state index contributed by atoms with van der Waals surface area (Å²) >= 11 is 0. The Balaban J connectivity index is 3.02. The first-order valence-electron chi connectivity index (χ1n) is 6.48. The Kier molecular flexibility index (Phi) is 5.94. The minimum atomic E-state index is -5.09. The zero-order chi connectivity index (χ0) is 16.3. The van der Waals surface area contributed by atoms with E-state index in [4.69, 9.17) is 9.84 Å². The lowest BCUT2D eigenvalue weighted by Gasteiger charge is -2.33. The summed E-state index contributed by atoms with van der Waals surface area (Å²) in [6.45, 7) is 1.03. The topological polar surface area (TPSA) is 65.0 Å². The van der Waals surface area contributed by atoms with Gasteiger partial charge in [-0.3, -0.25) is 4.79 Å². The Morgan fingerprint density at radius 1 is 1.43 bits per heavy atom. The molecule has 0 aromatic rings. The van der Waals surface area contributed by atoms with Crippen LogP contribution >= 0.6 is 0 Å². The molecule has 4 atom stereocenters. The first kappa shape index (κ1) is 18.1. The van der Waals surface area contributed by atoms with Crippen LogP contribution in [0.3, 0.4) is 0 Å². The molecule has 0 aliphatic carbocycles. The predicted octanol–water partition coefficient (Wildman–Crippen LogP) is 1.72. The van der Waals surface area contributed by atoms with E-state index in [-0.39, 0.29) is 6.61 Å². The quantitative estimate of drug-likeness (QED) is 0.459. The van der Waals surface area contributed by atoms with Crippen LogP contribution in [0.15, 0.2) is 0 Å². The molecule has 9 heteroatoms. The van der Waals surface area contributed by atoms with Crippen molar-refractivity contribution in [2.45, 2.75) is 57.0 Å². The summed E-state index contributed by atoms with van der Waals surface area (Å²) in [5.41, 5.74) is -3.25. The molecule has 1 N–H and O–H groups in total. The maximum absolute atomic E-state index is 14.1. The Morgan fingerprint density at radius 3 is 2.48 bits per heavy atom. The number of carbonyl (C=O) groups is 1. The molecule has 0 spiro atoms. The van der Waals surface area contributed by atoms with Gasteiger partial charge in [0.2, 0.25) is 11.9 Å². The maximum Gasteiger partial charge on any atom is 0.422 e. The summed E-state index contributed by atoms with van der Waals surface area (Å²) in [5.74, 6) is -0.995. The second-order valence-corrected chi connectivity index (χ2v) is 4.73. The summed E-state index contributed by atoms with van der Waals surface area (Å²) in [6, 6.07) is 0. The van der Waals surface area contributed by atoms with Gasteiger partial charge in [0, 0.05) is 13.5 Å². The van der Waals surface area contributed by atoms with Crippen LogP contribution in [0.2, 0.25) is 0 Å². The van der Waals surface area contributed by atoms with Crippen molar-refractivity contribution in [1.82, 2.24) is 0 Å². The molecule has 0 amide bonds. The Labute approximate surface area is 119 Å². The molecule has 1 rings (SSSR count). The molecule has 21 heavy (non-hydrogen) atoms. The van der Waals surface area contributed by atoms with E-state index in [1.165, 1.54) is 0 Å². The summed E-state index contributed by atoms with van der Waals surface area (Å²) in [7, 11) is 0. The molecule has 1 unspecified atom stereocenters. The number of ether oxygens (including phenoxy) is 3. The van der Waals surface area contributed by atoms with E-state index in [9.17, 15) is 22.4 Å². The smallest absolute Gasteiger partial charge is 0.422 e. The number of unbranched alkanes of at least 4 members (excludes halogenated alkanes) is 1. The highest BCUT2D eigenvalue weighted by Crippen LogP contribution is 2.46. The van der Waals surface area contributed by atoms with Gasteiger partial charge in [-0.1, -0.05) is 13.3 Å². The zero-order valence-electron chi connectivity index (χ0n) is 11.7. The summed E-state index contributed by atoms with van der Waals surface area (Å²) < 4.78 is 67.5. The maximum atomic E-state index is 14.1. The molecule has 5 nitrogen and oxygen atoms in total. The molecule has 0 radical (unpaired) electrons. The van der Waals surface area contributed by atoms with Crippen molar-refractivity contribution in [1.29, 1.82) is 0 Å². The van der Waals surface area contributed by atoms with E-state index < -0.39 is 42.9 Å². The molecule has 0 aromatic carbocycles. The second-order valence-electron chi connectivity index (χ2n) is 4.73. The number of carbonyl (C=O) groups excluding carboxylic acids is 1. The Hall–Kier alpha value is -0.930. The van der Waals surface area contributed by atoms with Crippen molar-refractivity contribution < 1.29 is 41.7 Å². The standard InChI is InChI=1S/C12H18F4O5/c1-3-4-5-19-9-8(13)10(20-7(2)18)21-11(9,6-17)12(14,15)16/h8-10,17H,3-6H2,1-2H3/t8-,9+,10?,11-/m1/s1. The number of halogens is 4. The van der Waals surface area contributed by atoms with E-state index in [0.717, 1.165) is 6.92 Å². The van der Waals surface area contributed by atoms with Crippen LogP contribution in [0.25, 0.3) is 0 Å². The molecule has 1 fully saturated rings. The van der Waals surface area contributed by atoms with E-state index in [2.05, 4.69) is 9.47 Å². The predicted molar refractivity (Wildman–Crippen MR) is 62.1 cm³/mol. The molecule has 1 saturated heterocycles. The Bertz CT molecular complexity index is 362. The fraction of sp³-hybridized carbons (Fsp3) is 0.917. The minimum Gasteiger partial charge on any atom is -0.433 e. The van der Waals surface area contributed by atoms with Gasteiger partial charge < -0.3 is 19.3 Å². The summed E-state index contributed by atoms with van der Waals surface area (Å²) in [6.07, 6.45) is -10.5. The van der Waals surface area contributed by atoms with Crippen LogP contribution in [0.1, 0.15) is 26.7 Å². The molecule has 124 valence electrons. The lowest BCUT2D eigenvalue weighted by molar-refractivity contribution is -0.319. The van der Waals surface area contributed by atoms with E-state index in [1.807, 2.05) is 0 Å². The fourth-order valence-electron chi connectivity index (χ4n) is 2.02. The molecule has 0 bridgehead atoms. The van der Waals surface area contributed by atoms with E-state index in [1.54, 1.807) is 6.92 Å². The van der Waals surface area contributed by atoms with E-state index in [0.29, 0.717) is 12.8 Å². The van der Waals surface area contributed by atoms with Crippen LogP contribution in [-0.4, -0.2) is 54.6 Å². The molecule has 0 saturated carbocycles. The molecule has 1 aliphatic rings. The SMILES string of the molecule is CCCCO[C@H]1[C@@H](F)C(OC(C)=O)O[C@@]1(CO)C(F)(F)F. The van der Waals surface area contributed by atoms with Gasteiger partial charge in [-0.15, -0.1) is 0 Å². The average Bonchev–Trinajstić information content (AvgIpc) is 2.63. The van der Waals surface area contributed by atoms with Gasteiger partial charge in [-0.25, -0.2) is 4.39 Å². The monoisotopic (exact) mass is 318 g/mol. The van der Waals surface area contributed by atoms with Crippen molar-refractivity contribution in [3.8, 4) is 0 Å². The van der Waals surface area contributed by atoms with Gasteiger partial charge in [0.15, 0.2) is 6.17 Å². The number of aliphatic hydroxyl groups excluding tert-OH is 1. The number of hydrogen-bond acceptors (Lipinski definition) is 5. The lowest BCUT2D eigenvalue weighted by atomic mass is 9.95. The van der Waals surface area contributed by atoms with Gasteiger partial charge in [-0.05, 0) is 6.42 Å². The number of aliphatic hydroxyl groups is 1. The van der Waals surface area contributed by atoms with Gasteiger partial charge in [0.05, 0.1) is 6.61 Å². The Morgan fingerprint density at radius 2 is 2.05 bits per heavy atom. The summed E-state index contributed by atoms with van der Waals surface area (Å²) in [4.78, 5) is 10.8. The number of alkyl halides is 4. The van der Waals surface area contributed by atoms with Crippen LogP contribution in [0, 0.1) is 0 Å². The summed E-state index contributed by atoms with van der Waals surface area (Å²) in [5, 5.41) is 9.12. The van der Waals surface area contributed by atoms with Gasteiger partial charge in [0.25, 0.3) is 0 Å². The zero-order valence-corrected chi connectivity index (χ0v) is 11.7.